The zero-order valence-electron chi connectivity index (χ0n) is 10.9. The Hall–Kier alpha value is -2.56. The van der Waals surface area contributed by atoms with Crippen LogP contribution in [0, 0.1) is 24.4 Å². The second kappa shape index (κ2) is 4.77. The van der Waals surface area contributed by atoms with Gasteiger partial charge in [-0.25, -0.2) is 13.2 Å². The Morgan fingerprint density at radius 1 is 0.952 bits per heavy atom. The quantitative estimate of drug-likeness (QED) is 0.655. The van der Waals surface area contributed by atoms with E-state index in [2.05, 4.69) is 0 Å². The summed E-state index contributed by atoms with van der Waals surface area (Å²) in [5, 5.41) is 0.580. The molecular weight excluding hydrogens is 281 g/mol. The molecule has 1 aromatic heterocycles. The Morgan fingerprint density at radius 3 is 2.29 bits per heavy atom. The first-order valence-electron chi connectivity index (χ1n) is 6.15. The molecule has 0 aliphatic rings. The van der Waals surface area contributed by atoms with E-state index in [-0.39, 0.29) is 16.9 Å². The van der Waals surface area contributed by atoms with E-state index in [0.29, 0.717) is 17.0 Å². The van der Waals surface area contributed by atoms with Crippen molar-refractivity contribution in [1.29, 1.82) is 0 Å². The van der Waals surface area contributed by atoms with E-state index in [1.165, 1.54) is 12.1 Å². The topological polar surface area (TPSA) is 30.2 Å². The van der Waals surface area contributed by atoms with Gasteiger partial charge in [-0.2, -0.15) is 0 Å². The van der Waals surface area contributed by atoms with Crippen LogP contribution < -0.4 is 0 Å². The minimum absolute atomic E-state index is 0.0550. The summed E-state index contributed by atoms with van der Waals surface area (Å²) in [6, 6.07) is 6.44. The molecule has 0 unspecified atom stereocenters. The van der Waals surface area contributed by atoms with Gasteiger partial charge in [-0.15, -0.1) is 0 Å². The van der Waals surface area contributed by atoms with Gasteiger partial charge in [0.2, 0.25) is 5.78 Å². The summed E-state index contributed by atoms with van der Waals surface area (Å²) in [4.78, 5) is 12.3. The van der Waals surface area contributed by atoms with Crippen molar-refractivity contribution in [1.82, 2.24) is 0 Å². The third-order valence-electron chi connectivity index (χ3n) is 3.23. The predicted molar refractivity (Wildman–Crippen MR) is 70.7 cm³/mol. The Kier molecular flexibility index (Phi) is 3.05. The number of fused-ring (bicyclic) bond motifs is 1. The number of carbonyl (C=O) groups is 1. The smallest absolute Gasteiger partial charge is 0.228 e. The molecule has 0 aliphatic heterocycles. The fraction of sp³-hybridized carbons (Fsp3) is 0.0625. The Bertz CT molecular complexity index is 845. The normalized spacial score (nSPS) is 11.0. The number of halogens is 3. The lowest BCUT2D eigenvalue weighted by molar-refractivity contribution is 0.101. The highest BCUT2D eigenvalue weighted by molar-refractivity contribution is 6.10. The number of hydrogen-bond donors (Lipinski definition) is 0. The van der Waals surface area contributed by atoms with Crippen molar-refractivity contribution in [3.05, 3.63) is 70.7 Å². The van der Waals surface area contributed by atoms with Gasteiger partial charge in [0.15, 0.2) is 5.76 Å². The average Bonchev–Trinajstić information content (AvgIpc) is 2.73. The Morgan fingerprint density at radius 2 is 1.62 bits per heavy atom. The average molecular weight is 290 g/mol. The van der Waals surface area contributed by atoms with Crippen LogP contribution >= 0.6 is 0 Å². The summed E-state index contributed by atoms with van der Waals surface area (Å²) >= 11 is 0. The van der Waals surface area contributed by atoms with Crippen LogP contribution in [-0.4, -0.2) is 5.78 Å². The molecule has 21 heavy (non-hydrogen) atoms. The SMILES string of the molecule is Cc1c(C(=O)c2cc(F)cc(F)c2)oc2cc(F)ccc12. The fourth-order valence-corrected chi connectivity index (χ4v) is 2.23. The molecule has 0 atom stereocenters. The van der Waals surface area contributed by atoms with Crippen molar-refractivity contribution >= 4 is 16.8 Å². The molecule has 1 heterocycles. The molecule has 2 nitrogen and oxygen atoms in total. The van der Waals surface area contributed by atoms with Gasteiger partial charge in [-0.3, -0.25) is 4.79 Å². The molecule has 0 aliphatic carbocycles. The van der Waals surface area contributed by atoms with E-state index in [1.54, 1.807) is 6.92 Å². The number of aryl methyl sites for hydroxylation is 1. The first-order valence-corrected chi connectivity index (χ1v) is 6.15. The first kappa shape index (κ1) is 13.4. The monoisotopic (exact) mass is 290 g/mol. The lowest BCUT2D eigenvalue weighted by atomic mass is 10.0. The zero-order valence-corrected chi connectivity index (χ0v) is 10.9. The highest BCUT2D eigenvalue weighted by Gasteiger charge is 2.20. The van der Waals surface area contributed by atoms with Gasteiger partial charge in [-0.1, -0.05) is 0 Å². The van der Waals surface area contributed by atoms with Gasteiger partial charge in [0.1, 0.15) is 23.0 Å². The maximum atomic E-state index is 13.2. The molecule has 0 saturated carbocycles. The molecule has 0 spiro atoms. The molecule has 0 bridgehead atoms. The van der Waals surface area contributed by atoms with Gasteiger partial charge in [0, 0.05) is 28.6 Å². The molecule has 3 rings (SSSR count). The number of furan rings is 1. The number of ketones is 1. The van der Waals surface area contributed by atoms with Crippen LogP contribution in [0.15, 0.2) is 40.8 Å². The van der Waals surface area contributed by atoms with Crippen molar-refractivity contribution in [3.63, 3.8) is 0 Å². The first-order chi connectivity index (χ1) is 9.95. The minimum atomic E-state index is -0.849. The molecule has 0 radical (unpaired) electrons. The predicted octanol–water partition coefficient (Wildman–Crippen LogP) is 4.39. The summed E-state index contributed by atoms with van der Waals surface area (Å²) < 4.78 is 44.9. The van der Waals surface area contributed by atoms with E-state index < -0.39 is 23.2 Å². The van der Waals surface area contributed by atoms with E-state index in [4.69, 9.17) is 4.42 Å². The van der Waals surface area contributed by atoms with Crippen molar-refractivity contribution in [2.75, 3.05) is 0 Å². The maximum absolute atomic E-state index is 13.2. The van der Waals surface area contributed by atoms with Crippen molar-refractivity contribution in [3.8, 4) is 0 Å². The molecule has 3 aromatic rings. The van der Waals surface area contributed by atoms with Gasteiger partial charge < -0.3 is 4.42 Å². The van der Waals surface area contributed by atoms with Crippen LogP contribution in [0.25, 0.3) is 11.0 Å². The van der Waals surface area contributed by atoms with Gasteiger partial charge in [-0.05, 0) is 31.2 Å². The fourth-order valence-electron chi connectivity index (χ4n) is 2.23. The van der Waals surface area contributed by atoms with Gasteiger partial charge in [0.05, 0.1) is 0 Å². The highest BCUT2D eigenvalue weighted by atomic mass is 19.1. The van der Waals surface area contributed by atoms with Crippen molar-refractivity contribution in [2.24, 2.45) is 0 Å². The van der Waals surface area contributed by atoms with Crippen LogP contribution in [0.5, 0.6) is 0 Å². The van der Waals surface area contributed by atoms with E-state index in [0.717, 1.165) is 18.2 Å². The summed E-state index contributed by atoms with van der Waals surface area (Å²) in [6.07, 6.45) is 0. The molecule has 5 heteroatoms. The summed E-state index contributed by atoms with van der Waals surface area (Å²) in [6.45, 7) is 1.63. The molecule has 0 amide bonds. The second-order valence-electron chi connectivity index (χ2n) is 4.68. The standard InChI is InChI=1S/C16H9F3O2/c1-8-13-3-2-10(17)7-14(13)21-16(8)15(20)9-4-11(18)6-12(19)5-9/h2-7H,1H3. The molecule has 0 N–H and O–H groups in total. The molecular formula is C16H9F3O2. The summed E-state index contributed by atoms with van der Waals surface area (Å²) in [5.41, 5.74) is 0.558. The maximum Gasteiger partial charge on any atom is 0.228 e. The van der Waals surface area contributed by atoms with Gasteiger partial charge in [0.25, 0.3) is 0 Å². The Balaban J connectivity index is 2.15. The lowest BCUT2D eigenvalue weighted by Gasteiger charge is -2.00. The molecule has 0 fully saturated rings. The lowest BCUT2D eigenvalue weighted by Crippen LogP contribution is -2.03. The van der Waals surface area contributed by atoms with Gasteiger partial charge >= 0.3 is 0 Å². The second-order valence-corrected chi connectivity index (χ2v) is 4.68. The minimum Gasteiger partial charge on any atom is -0.452 e. The number of rotatable bonds is 2. The summed E-state index contributed by atoms with van der Waals surface area (Å²) in [5.74, 6) is -2.90. The largest absolute Gasteiger partial charge is 0.452 e. The van der Waals surface area contributed by atoms with Crippen LogP contribution in [0.2, 0.25) is 0 Å². The van der Waals surface area contributed by atoms with Crippen molar-refractivity contribution in [2.45, 2.75) is 6.92 Å². The Labute approximate surface area is 117 Å². The van der Waals surface area contributed by atoms with E-state index in [9.17, 15) is 18.0 Å². The number of hydrogen-bond acceptors (Lipinski definition) is 2. The molecule has 2 aromatic carbocycles. The third-order valence-corrected chi connectivity index (χ3v) is 3.23. The highest BCUT2D eigenvalue weighted by Crippen LogP contribution is 2.28. The zero-order chi connectivity index (χ0) is 15.1. The molecule has 106 valence electrons. The summed E-state index contributed by atoms with van der Waals surface area (Å²) in [7, 11) is 0. The number of benzene rings is 2. The van der Waals surface area contributed by atoms with Crippen LogP contribution in [0.3, 0.4) is 0 Å². The van der Waals surface area contributed by atoms with Crippen LogP contribution in [0.4, 0.5) is 13.2 Å². The molecule has 0 saturated heterocycles. The van der Waals surface area contributed by atoms with Crippen LogP contribution in [-0.2, 0) is 0 Å². The van der Waals surface area contributed by atoms with Crippen LogP contribution in [0.1, 0.15) is 21.7 Å². The van der Waals surface area contributed by atoms with Crippen molar-refractivity contribution < 1.29 is 22.4 Å². The third kappa shape index (κ3) is 2.31. The number of carbonyl (C=O) groups excluding carboxylic acids is 1. The van der Waals surface area contributed by atoms with E-state index in [1.807, 2.05) is 0 Å². The van der Waals surface area contributed by atoms with E-state index >= 15 is 0 Å².